The Bertz CT molecular complexity index is 507. The third-order valence-corrected chi connectivity index (χ3v) is 3.78. The van der Waals surface area contributed by atoms with Crippen molar-refractivity contribution in [1.29, 1.82) is 0 Å². The number of imidazole rings is 1. The lowest BCUT2D eigenvalue weighted by Crippen LogP contribution is -2.24. The summed E-state index contributed by atoms with van der Waals surface area (Å²) in [4.78, 5) is 7.66. The summed E-state index contributed by atoms with van der Waals surface area (Å²) in [5, 5.41) is 3.43. The minimum atomic E-state index is -0.258. The zero-order valence-corrected chi connectivity index (χ0v) is 10.8. The maximum Gasteiger partial charge on any atom is 0.139 e. The standard InChI is InChI=1S/C12H13BrFN3/c13-8-5-10-11(6-9(8)14)17-12(16-10)4-7-2-1-3-15-7/h5-7,15H,1-4H2,(H,16,17). The predicted molar refractivity (Wildman–Crippen MR) is 68.5 cm³/mol. The summed E-state index contributed by atoms with van der Waals surface area (Å²) in [6.07, 6.45) is 3.30. The van der Waals surface area contributed by atoms with Crippen molar-refractivity contribution in [3.8, 4) is 0 Å². The van der Waals surface area contributed by atoms with Crippen molar-refractivity contribution in [3.63, 3.8) is 0 Å². The van der Waals surface area contributed by atoms with Crippen LogP contribution in [0.2, 0.25) is 0 Å². The van der Waals surface area contributed by atoms with Crippen LogP contribution in [0.15, 0.2) is 16.6 Å². The summed E-state index contributed by atoms with van der Waals surface area (Å²) < 4.78 is 13.8. The van der Waals surface area contributed by atoms with Crippen LogP contribution in [0.5, 0.6) is 0 Å². The average Bonchev–Trinajstić information content (AvgIpc) is 2.89. The lowest BCUT2D eigenvalue weighted by Gasteiger charge is -2.06. The average molecular weight is 298 g/mol. The molecule has 1 aliphatic rings. The molecule has 1 fully saturated rings. The first-order chi connectivity index (χ1) is 8.22. The molecule has 0 bridgehead atoms. The molecule has 2 N–H and O–H groups in total. The number of hydrogen-bond donors (Lipinski definition) is 2. The molecule has 1 aromatic heterocycles. The SMILES string of the molecule is Fc1cc2[nH]c(CC3CCCN3)nc2cc1Br. The van der Waals surface area contributed by atoms with Gasteiger partial charge in [-0.2, -0.15) is 0 Å². The number of fused-ring (bicyclic) bond motifs is 1. The van der Waals surface area contributed by atoms with Crippen molar-refractivity contribution in [2.24, 2.45) is 0 Å². The number of rotatable bonds is 2. The van der Waals surface area contributed by atoms with Gasteiger partial charge in [0, 0.05) is 18.5 Å². The third-order valence-electron chi connectivity index (χ3n) is 3.18. The van der Waals surface area contributed by atoms with E-state index in [-0.39, 0.29) is 5.82 Å². The smallest absolute Gasteiger partial charge is 0.139 e. The van der Waals surface area contributed by atoms with Crippen molar-refractivity contribution < 1.29 is 4.39 Å². The second kappa shape index (κ2) is 4.38. The van der Waals surface area contributed by atoms with Crippen LogP contribution in [0.4, 0.5) is 4.39 Å². The van der Waals surface area contributed by atoms with E-state index in [9.17, 15) is 4.39 Å². The van der Waals surface area contributed by atoms with Crippen molar-refractivity contribution in [3.05, 3.63) is 28.2 Å². The largest absolute Gasteiger partial charge is 0.342 e. The van der Waals surface area contributed by atoms with E-state index in [1.165, 1.54) is 18.9 Å². The van der Waals surface area contributed by atoms with Gasteiger partial charge in [-0.15, -0.1) is 0 Å². The summed E-state index contributed by atoms with van der Waals surface area (Å²) in [5.74, 6) is 0.670. The lowest BCUT2D eigenvalue weighted by molar-refractivity contribution is 0.589. The summed E-state index contributed by atoms with van der Waals surface area (Å²) in [5.41, 5.74) is 1.57. The first-order valence-corrected chi connectivity index (χ1v) is 6.59. The van der Waals surface area contributed by atoms with Crippen molar-refractivity contribution in [1.82, 2.24) is 15.3 Å². The molecule has 90 valence electrons. The Morgan fingerprint density at radius 3 is 3.12 bits per heavy atom. The van der Waals surface area contributed by atoms with E-state index in [0.29, 0.717) is 10.5 Å². The molecule has 1 aromatic carbocycles. The normalized spacial score (nSPS) is 20.2. The molecular weight excluding hydrogens is 285 g/mol. The Kier molecular flexibility index (Phi) is 2.88. The van der Waals surface area contributed by atoms with E-state index >= 15 is 0 Å². The molecule has 2 aromatic rings. The predicted octanol–water partition coefficient (Wildman–Crippen LogP) is 2.76. The van der Waals surface area contributed by atoms with Gasteiger partial charge < -0.3 is 10.3 Å². The zero-order valence-electron chi connectivity index (χ0n) is 9.26. The van der Waals surface area contributed by atoms with E-state index in [1.54, 1.807) is 6.07 Å². The highest BCUT2D eigenvalue weighted by atomic mass is 79.9. The highest BCUT2D eigenvalue weighted by Crippen LogP contribution is 2.22. The van der Waals surface area contributed by atoms with Crippen LogP contribution < -0.4 is 5.32 Å². The Hall–Kier alpha value is -0.940. The minimum Gasteiger partial charge on any atom is -0.342 e. The number of halogens is 2. The third kappa shape index (κ3) is 2.21. The molecular formula is C12H13BrFN3. The van der Waals surface area contributed by atoms with Crippen molar-refractivity contribution >= 4 is 27.0 Å². The molecule has 0 aliphatic carbocycles. The van der Waals surface area contributed by atoms with Crippen LogP contribution in [0.1, 0.15) is 18.7 Å². The van der Waals surface area contributed by atoms with Gasteiger partial charge in [0.15, 0.2) is 0 Å². The van der Waals surface area contributed by atoms with Gasteiger partial charge in [-0.05, 0) is 41.4 Å². The Balaban J connectivity index is 1.90. The van der Waals surface area contributed by atoms with E-state index in [4.69, 9.17) is 0 Å². The van der Waals surface area contributed by atoms with Gasteiger partial charge in [0.25, 0.3) is 0 Å². The quantitative estimate of drug-likeness (QED) is 0.895. The molecule has 3 nitrogen and oxygen atoms in total. The van der Waals surface area contributed by atoms with Crippen LogP contribution >= 0.6 is 15.9 Å². The number of nitrogens with zero attached hydrogens (tertiary/aromatic N) is 1. The van der Waals surface area contributed by atoms with E-state index in [0.717, 1.165) is 29.8 Å². The second-order valence-corrected chi connectivity index (χ2v) is 5.32. The topological polar surface area (TPSA) is 40.7 Å². The molecule has 17 heavy (non-hydrogen) atoms. The molecule has 3 rings (SSSR count). The van der Waals surface area contributed by atoms with Gasteiger partial charge in [-0.25, -0.2) is 9.37 Å². The molecule has 1 atom stereocenters. The van der Waals surface area contributed by atoms with Crippen LogP contribution in [0.25, 0.3) is 11.0 Å². The number of aromatic amines is 1. The van der Waals surface area contributed by atoms with Crippen molar-refractivity contribution in [2.45, 2.75) is 25.3 Å². The summed E-state index contributed by atoms with van der Waals surface area (Å²) in [7, 11) is 0. The number of nitrogens with one attached hydrogen (secondary N) is 2. The molecule has 0 radical (unpaired) electrons. The van der Waals surface area contributed by atoms with Gasteiger partial charge in [0.1, 0.15) is 11.6 Å². The van der Waals surface area contributed by atoms with Gasteiger partial charge in [0.05, 0.1) is 15.5 Å². The zero-order chi connectivity index (χ0) is 11.8. The molecule has 0 amide bonds. The maximum atomic E-state index is 13.4. The Morgan fingerprint density at radius 2 is 2.35 bits per heavy atom. The van der Waals surface area contributed by atoms with Gasteiger partial charge in [-0.1, -0.05) is 0 Å². The summed E-state index contributed by atoms with van der Waals surface area (Å²) in [6.45, 7) is 1.09. The molecule has 2 heterocycles. The number of H-pyrrole nitrogens is 1. The number of aromatic nitrogens is 2. The fourth-order valence-electron chi connectivity index (χ4n) is 2.32. The molecule has 0 saturated carbocycles. The number of hydrogen-bond acceptors (Lipinski definition) is 2. The van der Waals surface area contributed by atoms with E-state index < -0.39 is 0 Å². The van der Waals surface area contributed by atoms with Crippen molar-refractivity contribution in [2.75, 3.05) is 6.54 Å². The van der Waals surface area contributed by atoms with E-state index in [1.807, 2.05) is 0 Å². The maximum absolute atomic E-state index is 13.4. The van der Waals surface area contributed by atoms with Gasteiger partial charge in [0.2, 0.25) is 0 Å². The van der Waals surface area contributed by atoms with Crippen LogP contribution in [-0.4, -0.2) is 22.6 Å². The molecule has 5 heteroatoms. The Labute approximate surface area is 107 Å². The molecule has 1 saturated heterocycles. The van der Waals surface area contributed by atoms with Gasteiger partial charge in [-0.3, -0.25) is 0 Å². The highest BCUT2D eigenvalue weighted by Gasteiger charge is 2.16. The summed E-state index contributed by atoms with van der Waals surface area (Å²) in [6, 6.07) is 3.70. The molecule has 1 unspecified atom stereocenters. The van der Waals surface area contributed by atoms with E-state index in [2.05, 4.69) is 31.2 Å². The van der Waals surface area contributed by atoms with Crippen LogP contribution in [-0.2, 0) is 6.42 Å². The fraction of sp³-hybridized carbons (Fsp3) is 0.417. The highest BCUT2D eigenvalue weighted by molar-refractivity contribution is 9.10. The molecule has 0 spiro atoms. The lowest BCUT2D eigenvalue weighted by atomic mass is 10.1. The van der Waals surface area contributed by atoms with Gasteiger partial charge >= 0.3 is 0 Å². The van der Waals surface area contributed by atoms with Crippen LogP contribution in [0, 0.1) is 5.82 Å². The second-order valence-electron chi connectivity index (χ2n) is 4.46. The first kappa shape index (κ1) is 11.2. The summed E-state index contributed by atoms with van der Waals surface area (Å²) >= 11 is 3.17. The fourth-order valence-corrected chi connectivity index (χ4v) is 2.65. The first-order valence-electron chi connectivity index (χ1n) is 5.79. The Morgan fingerprint density at radius 1 is 1.47 bits per heavy atom. The number of benzene rings is 1. The monoisotopic (exact) mass is 297 g/mol. The molecule has 1 aliphatic heterocycles. The van der Waals surface area contributed by atoms with Crippen LogP contribution in [0.3, 0.4) is 0 Å². The minimum absolute atomic E-state index is 0.258.